The first-order valence-corrected chi connectivity index (χ1v) is 5.96. The highest BCUT2D eigenvalue weighted by Crippen LogP contribution is 2.17. The highest BCUT2D eigenvalue weighted by molar-refractivity contribution is 5.93. The zero-order valence-electron chi connectivity index (χ0n) is 10.7. The summed E-state index contributed by atoms with van der Waals surface area (Å²) in [5, 5.41) is 0. The molecule has 0 aromatic heterocycles. The fourth-order valence-corrected chi connectivity index (χ4v) is 1.89. The van der Waals surface area contributed by atoms with E-state index in [-0.39, 0.29) is 5.78 Å². The van der Waals surface area contributed by atoms with Crippen LogP contribution in [0.25, 0.3) is 0 Å². The molecular weight excluding hydrogens is 226 g/mol. The lowest BCUT2D eigenvalue weighted by Crippen LogP contribution is -2.15. The van der Waals surface area contributed by atoms with E-state index in [2.05, 4.69) is 0 Å². The number of methoxy groups -OCH3 is 1. The van der Waals surface area contributed by atoms with Crippen LogP contribution in [0.3, 0.4) is 0 Å². The Morgan fingerprint density at radius 1 is 1.33 bits per heavy atom. The number of benzene rings is 1. The number of nitrogens with zero attached hydrogens (tertiary/aromatic N) is 1. The first kappa shape index (κ1) is 12.4. The average Bonchev–Trinajstić information content (AvgIpc) is 2.40. The maximum absolute atomic E-state index is 11.3. The molecule has 1 heterocycles. The standard InChI is InChI=1S/C15H17NO2/c1-12(17)14-4-3-9-16(11-14)10-13-5-7-15(18-2)8-6-13/h3,5-9,11H,4,10H2,1-2H3. The molecule has 1 aromatic rings. The van der Waals surface area contributed by atoms with Gasteiger partial charge >= 0.3 is 0 Å². The van der Waals surface area contributed by atoms with Gasteiger partial charge < -0.3 is 9.64 Å². The maximum Gasteiger partial charge on any atom is 0.157 e. The summed E-state index contributed by atoms with van der Waals surface area (Å²) in [6, 6.07) is 7.95. The zero-order chi connectivity index (χ0) is 13.0. The van der Waals surface area contributed by atoms with E-state index in [1.165, 1.54) is 5.56 Å². The molecule has 3 heteroatoms. The summed E-state index contributed by atoms with van der Waals surface area (Å²) in [6.07, 6.45) is 6.68. The molecule has 0 bridgehead atoms. The van der Waals surface area contributed by atoms with Crippen molar-refractivity contribution in [2.24, 2.45) is 0 Å². The summed E-state index contributed by atoms with van der Waals surface area (Å²) >= 11 is 0. The van der Waals surface area contributed by atoms with Gasteiger partial charge in [0.2, 0.25) is 0 Å². The van der Waals surface area contributed by atoms with E-state index in [9.17, 15) is 4.79 Å². The molecule has 1 aliphatic heterocycles. The van der Waals surface area contributed by atoms with Crippen LogP contribution in [0.1, 0.15) is 18.9 Å². The second kappa shape index (κ2) is 5.54. The largest absolute Gasteiger partial charge is 0.497 e. The van der Waals surface area contributed by atoms with Gasteiger partial charge in [-0.2, -0.15) is 0 Å². The smallest absolute Gasteiger partial charge is 0.157 e. The third kappa shape index (κ3) is 3.00. The van der Waals surface area contributed by atoms with Gasteiger partial charge in [-0.05, 0) is 31.0 Å². The highest BCUT2D eigenvalue weighted by Gasteiger charge is 2.09. The van der Waals surface area contributed by atoms with E-state index in [1.54, 1.807) is 14.0 Å². The highest BCUT2D eigenvalue weighted by atomic mass is 16.5. The lowest BCUT2D eigenvalue weighted by Gasteiger charge is -2.20. The monoisotopic (exact) mass is 243 g/mol. The van der Waals surface area contributed by atoms with E-state index in [0.29, 0.717) is 0 Å². The molecule has 0 unspecified atom stereocenters. The van der Waals surface area contributed by atoms with Crippen molar-refractivity contribution in [1.29, 1.82) is 0 Å². The second-order valence-corrected chi connectivity index (χ2v) is 4.32. The van der Waals surface area contributed by atoms with E-state index in [1.807, 2.05) is 47.6 Å². The molecular formula is C15H17NO2. The van der Waals surface area contributed by atoms with Crippen LogP contribution in [0.4, 0.5) is 0 Å². The Kier molecular flexibility index (Phi) is 3.82. The Bertz CT molecular complexity index is 486. The summed E-state index contributed by atoms with van der Waals surface area (Å²) in [7, 11) is 1.66. The fourth-order valence-electron chi connectivity index (χ4n) is 1.89. The number of Topliss-reactive ketones (excluding diaryl/α,β-unsaturated/α-hetero) is 1. The Hall–Kier alpha value is -2.03. The molecule has 2 rings (SSSR count). The number of carbonyl (C=O) groups is 1. The van der Waals surface area contributed by atoms with Gasteiger partial charge in [-0.15, -0.1) is 0 Å². The Labute approximate surface area is 107 Å². The van der Waals surface area contributed by atoms with Crippen LogP contribution in [0.15, 0.2) is 48.3 Å². The average molecular weight is 243 g/mol. The Morgan fingerprint density at radius 3 is 2.67 bits per heavy atom. The number of hydrogen-bond donors (Lipinski definition) is 0. The van der Waals surface area contributed by atoms with Crippen LogP contribution in [0, 0.1) is 0 Å². The fraction of sp³-hybridized carbons (Fsp3) is 0.267. The maximum atomic E-state index is 11.3. The van der Waals surface area contributed by atoms with E-state index >= 15 is 0 Å². The first-order valence-electron chi connectivity index (χ1n) is 5.96. The summed E-state index contributed by atoms with van der Waals surface area (Å²) in [5.41, 5.74) is 2.03. The second-order valence-electron chi connectivity index (χ2n) is 4.32. The van der Waals surface area contributed by atoms with Crippen LogP contribution < -0.4 is 4.74 Å². The SMILES string of the molecule is COc1ccc(CN2C=CCC(C(C)=O)=C2)cc1. The minimum absolute atomic E-state index is 0.138. The van der Waals surface area contributed by atoms with Crippen LogP contribution in [0.2, 0.25) is 0 Å². The van der Waals surface area contributed by atoms with Gasteiger partial charge in [-0.1, -0.05) is 18.2 Å². The van der Waals surface area contributed by atoms with Crippen molar-refractivity contribution in [2.75, 3.05) is 7.11 Å². The molecule has 94 valence electrons. The van der Waals surface area contributed by atoms with Crippen molar-refractivity contribution >= 4 is 5.78 Å². The molecule has 0 radical (unpaired) electrons. The third-order valence-electron chi connectivity index (χ3n) is 2.93. The molecule has 0 atom stereocenters. The van der Waals surface area contributed by atoms with E-state index in [0.717, 1.165) is 24.3 Å². The normalized spacial score (nSPS) is 14.3. The summed E-state index contributed by atoms with van der Waals surface area (Å²) in [6.45, 7) is 2.37. The Morgan fingerprint density at radius 2 is 2.06 bits per heavy atom. The van der Waals surface area contributed by atoms with Gasteiger partial charge in [-0.25, -0.2) is 0 Å². The predicted molar refractivity (Wildman–Crippen MR) is 71.1 cm³/mol. The van der Waals surface area contributed by atoms with Crippen molar-refractivity contribution < 1.29 is 9.53 Å². The number of ketones is 1. The van der Waals surface area contributed by atoms with Gasteiger partial charge in [0.1, 0.15) is 5.75 Å². The van der Waals surface area contributed by atoms with Crippen molar-refractivity contribution in [3.63, 3.8) is 0 Å². The lowest BCUT2D eigenvalue weighted by atomic mass is 10.1. The summed E-state index contributed by atoms with van der Waals surface area (Å²) in [5.74, 6) is 0.993. The molecule has 1 aliphatic rings. The van der Waals surface area contributed by atoms with Crippen LogP contribution in [0.5, 0.6) is 5.75 Å². The van der Waals surface area contributed by atoms with Gasteiger partial charge in [0, 0.05) is 24.5 Å². The first-order chi connectivity index (χ1) is 8.69. The molecule has 0 spiro atoms. The van der Waals surface area contributed by atoms with Crippen LogP contribution in [-0.4, -0.2) is 17.8 Å². The van der Waals surface area contributed by atoms with Gasteiger partial charge in [-0.3, -0.25) is 4.79 Å². The minimum Gasteiger partial charge on any atom is -0.497 e. The predicted octanol–water partition coefficient (Wildman–Crippen LogP) is 2.89. The minimum atomic E-state index is 0.138. The van der Waals surface area contributed by atoms with E-state index in [4.69, 9.17) is 4.74 Å². The van der Waals surface area contributed by atoms with E-state index < -0.39 is 0 Å². The van der Waals surface area contributed by atoms with Crippen LogP contribution >= 0.6 is 0 Å². The molecule has 0 saturated carbocycles. The van der Waals surface area contributed by atoms with Gasteiger partial charge in [0.05, 0.1) is 7.11 Å². The summed E-state index contributed by atoms with van der Waals surface area (Å²) < 4.78 is 5.12. The van der Waals surface area contributed by atoms with Gasteiger partial charge in [0.25, 0.3) is 0 Å². The van der Waals surface area contributed by atoms with Crippen molar-refractivity contribution in [3.8, 4) is 5.75 Å². The Balaban J connectivity index is 2.06. The quantitative estimate of drug-likeness (QED) is 0.814. The molecule has 18 heavy (non-hydrogen) atoms. The topological polar surface area (TPSA) is 29.5 Å². The van der Waals surface area contributed by atoms with Crippen LogP contribution in [-0.2, 0) is 11.3 Å². The molecule has 0 aliphatic carbocycles. The molecule has 0 fully saturated rings. The van der Waals surface area contributed by atoms with Crippen molar-refractivity contribution in [3.05, 3.63) is 53.9 Å². The number of hydrogen-bond acceptors (Lipinski definition) is 3. The number of allylic oxidation sites excluding steroid dienone is 2. The molecule has 0 saturated heterocycles. The van der Waals surface area contributed by atoms with Gasteiger partial charge in [0.15, 0.2) is 5.78 Å². The zero-order valence-corrected chi connectivity index (χ0v) is 10.7. The lowest BCUT2D eigenvalue weighted by molar-refractivity contribution is -0.113. The molecule has 3 nitrogen and oxygen atoms in total. The number of rotatable bonds is 4. The molecule has 0 N–H and O–H groups in total. The van der Waals surface area contributed by atoms with Crippen molar-refractivity contribution in [1.82, 2.24) is 4.90 Å². The molecule has 0 amide bonds. The number of carbonyl (C=O) groups excluding carboxylic acids is 1. The third-order valence-corrected chi connectivity index (χ3v) is 2.93. The number of ether oxygens (including phenoxy) is 1. The summed E-state index contributed by atoms with van der Waals surface area (Å²) in [4.78, 5) is 13.4. The van der Waals surface area contributed by atoms with Crippen molar-refractivity contribution in [2.45, 2.75) is 19.9 Å². The molecule has 1 aromatic carbocycles.